The highest BCUT2D eigenvalue weighted by molar-refractivity contribution is 14.0. The Kier molecular flexibility index (Phi) is 9.26. The van der Waals surface area contributed by atoms with E-state index in [0.29, 0.717) is 24.8 Å². The van der Waals surface area contributed by atoms with Gasteiger partial charge in [-0.2, -0.15) is 0 Å². The largest absolute Gasteiger partial charge is 0.443 e. The van der Waals surface area contributed by atoms with E-state index in [1.54, 1.807) is 13.2 Å². The van der Waals surface area contributed by atoms with Crippen molar-refractivity contribution in [2.24, 2.45) is 4.99 Å². The number of aliphatic imine (C=N–C) groups is 1. The zero-order chi connectivity index (χ0) is 17.7. The number of rotatable bonds is 6. The Morgan fingerprint density at radius 3 is 2.50 bits per heavy atom. The first-order valence-corrected chi connectivity index (χ1v) is 9.67. The van der Waals surface area contributed by atoms with E-state index in [9.17, 15) is 8.42 Å². The summed E-state index contributed by atoms with van der Waals surface area (Å²) in [5.41, 5.74) is -0.0780. The minimum absolute atomic E-state index is 0. The Morgan fingerprint density at radius 1 is 1.42 bits per heavy atom. The lowest BCUT2D eigenvalue weighted by atomic mass is 9.94. The van der Waals surface area contributed by atoms with Crippen LogP contribution in [0.15, 0.2) is 15.6 Å². The SMILES string of the molecule is CN=C(NCc1ncc(C(C)(C)C)o1)NC(C)CCS(C)(=O)=O.I. The summed E-state index contributed by atoms with van der Waals surface area (Å²) in [7, 11) is -1.29. The molecule has 0 radical (unpaired) electrons. The van der Waals surface area contributed by atoms with Crippen molar-refractivity contribution in [2.75, 3.05) is 19.1 Å². The van der Waals surface area contributed by atoms with Gasteiger partial charge in [0.05, 0.1) is 18.5 Å². The van der Waals surface area contributed by atoms with E-state index in [4.69, 9.17) is 4.42 Å². The monoisotopic (exact) mass is 472 g/mol. The molecule has 24 heavy (non-hydrogen) atoms. The van der Waals surface area contributed by atoms with Crippen LogP contribution in [0.4, 0.5) is 0 Å². The van der Waals surface area contributed by atoms with E-state index in [0.717, 1.165) is 5.76 Å². The lowest BCUT2D eigenvalue weighted by Gasteiger charge is -2.17. The molecule has 0 saturated heterocycles. The van der Waals surface area contributed by atoms with Crippen LogP contribution in [-0.2, 0) is 21.8 Å². The van der Waals surface area contributed by atoms with Crippen molar-refractivity contribution in [3.63, 3.8) is 0 Å². The minimum atomic E-state index is -2.95. The van der Waals surface area contributed by atoms with Crippen LogP contribution >= 0.6 is 24.0 Å². The quantitative estimate of drug-likeness (QED) is 0.374. The van der Waals surface area contributed by atoms with E-state index >= 15 is 0 Å². The average molecular weight is 472 g/mol. The van der Waals surface area contributed by atoms with Gasteiger partial charge < -0.3 is 15.1 Å². The molecule has 2 N–H and O–H groups in total. The first kappa shape index (κ1) is 23.2. The summed E-state index contributed by atoms with van der Waals surface area (Å²) in [6.07, 6.45) is 3.50. The number of halogens is 1. The van der Waals surface area contributed by atoms with Crippen LogP contribution in [0.2, 0.25) is 0 Å². The van der Waals surface area contributed by atoms with E-state index in [2.05, 4.69) is 41.4 Å². The minimum Gasteiger partial charge on any atom is -0.443 e. The number of nitrogens with zero attached hydrogens (tertiary/aromatic N) is 2. The molecule has 0 aliphatic heterocycles. The third-order valence-electron chi connectivity index (χ3n) is 3.23. The summed E-state index contributed by atoms with van der Waals surface area (Å²) in [4.78, 5) is 8.36. The lowest BCUT2D eigenvalue weighted by molar-refractivity contribution is 0.379. The molecule has 0 saturated carbocycles. The first-order valence-electron chi connectivity index (χ1n) is 7.61. The number of hydrogen-bond acceptors (Lipinski definition) is 5. The second-order valence-electron chi connectivity index (χ2n) is 6.76. The van der Waals surface area contributed by atoms with Crippen molar-refractivity contribution in [3.05, 3.63) is 17.8 Å². The Hall–Kier alpha value is -0.840. The molecule has 1 rings (SSSR count). The van der Waals surface area contributed by atoms with Gasteiger partial charge in [-0.1, -0.05) is 20.8 Å². The van der Waals surface area contributed by atoms with E-state index in [1.807, 2.05) is 6.92 Å². The van der Waals surface area contributed by atoms with Crippen molar-refractivity contribution in [3.8, 4) is 0 Å². The highest BCUT2D eigenvalue weighted by atomic mass is 127. The van der Waals surface area contributed by atoms with Gasteiger partial charge in [-0.15, -0.1) is 24.0 Å². The van der Waals surface area contributed by atoms with Crippen LogP contribution in [0.1, 0.15) is 45.8 Å². The van der Waals surface area contributed by atoms with Gasteiger partial charge in [-0.05, 0) is 13.3 Å². The maximum atomic E-state index is 11.2. The molecule has 0 aromatic carbocycles. The Balaban J connectivity index is 0.00000529. The summed E-state index contributed by atoms with van der Waals surface area (Å²) in [5, 5.41) is 6.26. The Morgan fingerprint density at radius 2 is 2.04 bits per heavy atom. The van der Waals surface area contributed by atoms with Gasteiger partial charge in [-0.25, -0.2) is 13.4 Å². The summed E-state index contributed by atoms with van der Waals surface area (Å²) in [6.45, 7) is 8.52. The van der Waals surface area contributed by atoms with Crippen LogP contribution in [0.25, 0.3) is 0 Å². The number of guanidine groups is 1. The van der Waals surface area contributed by atoms with Gasteiger partial charge in [0.25, 0.3) is 0 Å². The molecule has 1 aromatic heterocycles. The molecule has 7 nitrogen and oxygen atoms in total. The number of oxazole rings is 1. The van der Waals surface area contributed by atoms with Crippen molar-refractivity contribution >= 4 is 39.8 Å². The maximum Gasteiger partial charge on any atom is 0.213 e. The third kappa shape index (κ3) is 8.86. The van der Waals surface area contributed by atoms with Gasteiger partial charge >= 0.3 is 0 Å². The fraction of sp³-hybridized carbons (Fsp3) is 0.733. The zero-order valence-electron chi connectivity index (χ0n) is 15.2. The van der Waals surface area contributed by atoms with E-state index in [-0.39, 0.29) is 41.2 Å². The first-order chi connectivity index (χ1) is 10.5. The molecule has 9 heteroatoms. The number of sulfone groups is 1. The van der Waals surface area contributed by atoms with Gasteiger partial charge in [0.2, 0.25) is 5.89 Å². The molecular formula is C15H29IN4O3S. The molecule has 1 aromatic rings. The van der Waals surface area contributed by atoms with Gasteiger partial charge in [0.15, 0.2) is 5.96 Å². The molecule has 0 aliphatic rings. The van der Waals surface area contributed by atoms with Crippen LogP contribution in [0, 0.1) is 0 Å². The molecular weight excluding hydrogens is 443 g/mol. The second-order valence-corrected chi connectivity index (χ2v) is 9.02. The Labute approximate surface area is 162 Å². The highest BCUT2D eigenvalue weighted by Gasteiger charge is 2.19. The summed E-state index contributed by atoms with van der Waals surface area (Å²) in [5.74, 6) is 2.15. The van der Waals surface area contributed by atoms with Crippen LogP contribution in [-0.4, -0.2) is 44.5 Å². The second kappa shape index (κ2) is 9.59. The number of aromatic nitrogens is 1. The van der Waals surface area contributed by atoms with Crippen molar-refractivity contribution in [1.29, 1.82) is 0 Å². The van der Waals surface area contributed by atoms with Crippen molar-refractivity contribution in [2.45, 2.75) is 52.1 Å². The standard InChI is InChI=1S/C15H28N4O3S.HI/c1-11(7-8-23(6,20)21)19-14(16-5)18-10-13-17-9-12(22-13)15(2,3)4;/h9,11H,7-8,10H2,1-6H3,(H2,16,18,19);1H. The molecule has 0 fully saturated rings. The van der Waals surface area contributed by atoms with Gasteiger partial charge in [-0.3, -0.25) is 4.99 Å². The number of nitrogens with one attached hydrogen (secondary N) is 2. The fourth-order valence-corrected chi connectivity index (χ4v) is 2.57. The van der Waals surface area contributed by atoms with Crippen molar-refractivity contribution < 1.29 is 12.8 Å². The molecule has 1 atom stereocenters. The van der Waals surface area contributed by atoms with Crippen LogP contribution in [0.3, 0.4) is 0 Å². The molecule has 0 spiro atoms. The normalized spacial score (nSPS) is 14.0. The summed E-state index contributed by atoms with van der Waals surface area (Å²) in [6, 6.07) is -0.00868. The predicted molar refractivity (Wildman–Crippen MR) is 108 cm³/mol. The van der Waals surface area contributed by atoms with Gasteiger partial charge in [0.1, 0.15) is 15.6 Å². The number of hydrogen-bond donors (Lipinski definition) is 2. The smallest absolute Gasteiger partial charge is 0.213 e. The third-order valence-corrected chi connectivity index (χ3v) is 4.21. The fourth-order valence-electron chi connectivity index (χ4n) is 1.79. The topological polar surface area (TPSA) is 96.6 Å². The molecule has 1 heterocycles. The Bertz CT molecular complexity index is 635. The molecule has 0 bridgehead atoms. The van der Waals surface area contributed by atoms with Gasteiger partial charge in [0, 0.05) is 24.8 Å². The highest BCUT2D eigenvalue weighted by Crippen LogP contribution is 2.22. The maximum absolute atomic E-state index is 11.2. The molecule has 0 aliphatic carbocycles. The summed E-state index contributed by atoms with van der Waals surface area (Å²) < 4.78 is 28.1. The lowest BCUT2D eigenvalue weighted by Crippen LogP contribution is -2.42. The van der Waals surface area contributed by atoms with Crippen LogP contribution < -0.4 is 10.6 Å². The molecule has 1 unspecified atom stereocenters. The summed E-state index contributed by atoms with van der Waals surface area (Å²) >= 11 is 0. The molecule has 0 amide bonds. The predicted octanol–water partition coefficient (Wildman–Crippen LogP) is 2.08. The van der Waals surface area contributed by atoms with E-state index in [1.165, 1.54) is 6.26 Å². The zero-order valence-corrected chi connectivity index (χ0v) is 18.4. The average Bonchev–Trinajstić information content (AvgIpc) is 2.89. The molecule has 140 valence electrons. The van der Waals surface area contributed by atoms with E-state index < -0.39 is 9.84 Å². The van der Waals surface area contributed by atoms with Crippen LogP contribution in [0.5, 0.6) is 0 Å². The van der Waals surface area contributed by atoms with Crippen molar-refractivity contribution in [1.82, 2.24) is 15.6 Å².